The zero-order chi connectivity index (χ0) is 17.3. The van der Waals surface area contributed by atoms with Gasteiger partial charge in [-0.2, -0.15) is 5.10 Å². The van der Waals surface area contributed by atoms with Crippen LogP contribution in [0.1, 0.15) is 24.5 Å². The van der Waals surface area contributed by atoms with E-state index in [1.807, 2.05) is 24.1 Å². The second-order valence-corrected chi connectivity index (χ2v) is 7.13. The first-order valence-electron chi connectivity index (χ1n) is 8.46. The van der Waals surface area contributed by atoms with Crippen molar-refractivity contribution in [2.24, 2.45) is 18.9 Å². The topological polar surface area (TPSA) is 58.4 Å². The van der Waals surface area contributed by atoms with Gasteiger partial charge in [0.15, 0.2) is 0 Å². The third-order valence-electron chi connectivity index (χ3n) is 4.76. The number of hydrogen-bond donors (Lipinski definition) is 1. The molecule has 5 heteroatoms. The van der Waals surface area contributed by atoms with Gasteiger partial charge in [0, 0.05) is 38.4 Å². The monoisotopic (exact) mass is 327 g/mol. The molecule has 0 bridgehead atoms. The lowest BCUT2D eigenvalue weighted by molar-refractivity contribution is -0.144. The lowest BCUT2D eigenvalue weighted by atomic mass is 9.89. The Balaban J connectivity index is 1.86. The Morgan fingerprint density at radius 3 is 2.83 bits per heavy atom. The van der Waals surface area contributed by atoms with Crippen molar-refractivity contribution in [1.82, 2.24) is 14.7 Å². The highest BCUT2D eigenvalue weighted by molar-refractivity contribution is 5.70. The van der Waals surface area contributed by atoms with E-state index >= 15 is 0 Å². The highest BCUT2D eigenvalue weighted by Crippen LogP contribution is 2.28. The van der Waals surface area contributed by atoms with Crippen LogP contribution >= 0.6 is 0 Å². The van der Waals surface area contributed by atoms with Crippen molar-refractivity contribution >= 4 is 5.97 Å². The summed E-state index contributed by atoms with van der Waals surface area (Å²) in [4.78, 5) is 13.7. The number of hydrogen-bond acceptors (Lipinski definition) is 3. The lowest BCUT2D eigenvalue weighted by Crippen LogP contribution is -2.42. The fourth-order valence-electron chi connectivity index (χ4n) is 3.67. The summed E-state index contributed by atoms with van der Waals surface area (Å²) in [6.07, 6.45) is 4.68. The molecule has 0 radical (unpaired) electrons. The minimum Gasteiger partial charge on any atom is -0.481 e. The van der Waals surface area contributed by atoms with Gasteiger partial charge in [-0.25, -0.2) is 0 Å². The van der Waals surface area contributed by atoms with E-state index < -0.39 is 5.97 Å². The molecule has 128 valence electrons. The van der Waals surface area contributed by atoms with Crippen LogP contribution < -0.4 is 0 Å². The number of carbonyl (C=O) groups is 1. The molecule has 1 aliphatic heterocycles. The Hall–Kier alpha value is -2.14. The van der Waals surface area contributed by atoms with Crippen LogP contribution in [0.2, 0.25) is 0 Å². The van der Waals surface area contributed by atoms with Crippen molar-refractivity contribution in [2.75, 3.05) is 13.1 Å². The summed E-state index contributed by atoms with van der Waals surface area (Å²) in [7, 11) is 1.92. The second kappa shape index (κ2) is 6.77. The first-order valence-corrected chi connectivity index (χ1v) is 8.46. The number of piperidine rings is 1. The van der Waals surface area contributed by atoms with Gasteiger partial charge in [-0.05, 0) is 30.4 Å². The molecule has 2 atom stereocenters. The Bertz CT molecular complexity index is 738. The van der Waals surface area contributed by atoms with Gasteiger partial charge in [0.05, 0.1) is 12.1 Å². The fraction of sp³-hybridized carbons (Fsp3) is 0.474. The van der Waals surface area contributed by atoms with Crippen molar-refractivity contribution in [3.63, 3.8) is 0 Å². The van der Waals surface area contributed by atoms with E-state index in [1.54, 1.807) is 0 Å². The van der Waals surface area contributed by atoms with E-state index in [0.29, 0.717) is 12.5 Å². The highest BCUT2D eigenvalue weighted by Gasteiger charge is 2.29. The molecule has 24 heavy (non-hydrogen) atoms. The first kappa shape index (κ1) is 16.7. The Kier molecular flexibility index (Phi) is 4.71. The molecule has 0 spiro atoms. The van der Waals surface area contributed by atoms with Gasteiger partial charge < -0.3 is 5.11 Å². The van der Waals surface area contributed by atoms with Crippen LogP contribution in [0.3, 0.4) is 0 Å². The van der Waals surface area contributed by atoms with Crippen LogP contribution in [-0.2, 0) is 18.4 Å². The Labute approximate surface area is 142 Å². The standard InChI is InChI=1S/C19H25N3O2/c1-13-4-5-15(18(7-13)17-8-20-21(3)10-17)11-22-9-14(2)6-16(12-22)19(23)24/h4-5,7-8,10,14,16H,6,9,11-12H2,1-3H3,(H,23,24). The third-order valence-corrected chi connectivity index (χ3v) is 4.76. The Morgan fingerprint density at radius 2 is 2.17 bits per heavy atom. The number of benzene rings is 1. The normalized spacial score (nSPS) is 21.8. The molecule has 1 aliphatic rings. The van der Waals surface area contributed by atoms with Crippen molar-refractivity contribution in [2.45, 2.75) is 26.8 Å². The van der Waals surface area contributed by atoms with Gasteiger partial charge in [0.25, 0.3) is 0 Å². The maximum absolute atomic E-state index is 11.4. The van der Waals surface area contributed by atoms with Crippen LogP contribution in [0.4, 0.5) is 0 Å². The van der Waals surface area contributed by atoms with Crippen LogP contribution in [0.5, 0.6) is 0 Å². The summed E-state index contributed by atoms with van der Waals surface area (Å²) < 4.78 is 1.81. The fourth-order valence-corrected chi connectivity index (χ4v) is 3.67. The number of aryl methyl sites for hydroxylation is 2. The van der Waals surface area contributed by atoms with Crippen molar-refractivity contribution in [3.05, 3.63) is 41.7 Å². The molecule has 2 aromatic rings. The predicted molar refractivity (Wildman–Crippen MR) is 93.6 cm³/mol. The van der Waals surface area contributed by atoms with E-state index in [-0.39, 0.29) is 5.92 Å². The average molecular weight is 327 g/mol. The molecule has 0 saturated carbocycles. The molecule has 5 nitrogen and oxygen atoms in total. The minimum absolute atomic E-state index is 0.263. The van der Waals surface area contributed by atoms with Gasteiger partial charge in [0.2, 0.25) is 0 Å². The Morgan fingerprint density at radius 1 is 1.38 bits per heavy atom. The molecular formula is C19H25N3O2. The van der Waals surface area contributed by atoms with Gasteiger partial charge >= 0.3 is 5.97 Å². The van der Waals surface area contributed by atoms with E-state index in [2.05, 4.69) is 42.0 Å². The largest absolute Gasteiger partial charge is 0.481 e. The third kappa shape index (κ3) is 3.67. The number of nitrogens with zero attached hydrogens (tertiary/aromatic N) is 3. The maximum Gasteiger partial charge on any atom is 0.307 e. The summed E-state index contributed by atoms with van der Waals surface area (Å²) in [6.45, 7) is 6.58. The average Bonchev–Trinajstić information content (AvgIpc) is 2.95. The number of likely N-dealkylation sites (tertiary alicyclic amines) is 1. The SMILES string of the molecule is Cc1ccc(CN2CC(C)CC(C(=O)O)C2)c(-c2cnn(C)c2)c1. The summed E-state index contributed by atoms with van der Waals surface area (Å²) in [5.74, 6) is -0.531. The van der Waals surface area contributed by atoms with Gasteiger partial charge in [-0.3, -0.25) is 14.4 Å². The van der Waals surface area contributed by atoms with E-state index in [1.165, 1.54) is 16.7 Å². The van der Waals surface area contributed by atoms with Crippen LogP contribution in [-0.4, -0.2) is 38.8 Å². The smallest absolute Gasteiger partial charge is 0.307 e. The van der Waals surface area contributed by atoms with Crippen LogP contribution in [0, 0.1) is 18.8 Å². The number of aromatic nitrogens is 2. The van der Waals surface area contributed by atoms with Crippen LogP contribution in [0.25, 0.3) is 11.1 Å². The molecule has 2 heterocycles. The summed E-state index contributed by atoms with van der Waals surface area (Å²) in [5, 5.41) is 13.7. The van der Waals surface area contributed by atoms with Gasteiger partial charge in [-0.1, -0.05) is 30.7 Å². The first-order chi connectivity index (χ1) is 11.4. The molecule has 1 aromatic carbocycles. The molecule has 1 fully saturated rings. The summed E-state index contributed by atoms with van der Waals surface area (Å²) >= 11 is 0. The molecule has 3 rings (SSSR count). The molecule has 1 saturated heterocycles. The van der Waals surface area contributed by atoms with Gasteiger partial charge in [-0.15, -0.1) is 0 Å². The van der Waals surface area contributed by atoms with Crippen LogP contribution in [0.15, 0.2) is 30.6 Å². The molecule has 1 N–H and O–H groups in total. The zero-order valence-electron chi connectivity index (χ0n) is 14.6. The van der Waals surface area contributed by atoms with E-state index in [4.69, 9.17) is 0 Å². The van der Waals surface area contributed by atoms with Crippen molar-refractivity contribution < 1.29 is 9.90 Å². The highest BCUT2D eigenvalue weighted by atomic mass is 16.4. The minimum atomic E-state index is -0.678. The molecule has 1 aromatic heterocycles. The number of carboxylic acids is 1. The number of aliphatic carboxylic acids is 1. The molecular weight excluding hydrogens is 302 g/mol. The lowest BCUT2D eigenvalue weighted by Gasteiger charge is -2.35. The quantitative estimate of drug-likeness (QED) is 0.938. The number of rotatable bonds is 4. The molecule has 0 amide bonds. The van der Waals surface area contributed by atoms with Crippen molar-refractivity contribution in [1.29, 1.82) is 0 Å². The summed E-state index contributed by atoms with van der Waals surface area (Å²) in [6, 6.07) is 6.47. The summed E-state index contributed by atoms with van der Waals surface area (Å²) in [5.41, 5.74) is 4.74. The van der Waals surface area contributed by atoms with Gasteiger partial charge in [0.1, 0.15) is 0 Å². The molecule has 0 aliphatic carbocycles. The van der Waals surface area contributed by atoms with E-state index in [0.717, 1.165) is 25.1 Å². The van der Waals surface area contributed by atoms with E-state index in [9.17, 15) is 9.90 Å². The predicted octanol–water partition coefficient (Wildman–Crippen LogP) is 2.94. The zero-order valence-corrected chi connectivity index (χ0v) is 14.6. The van der Waals surface area contributed by atoms with Crippen molar-refractivity contribution in [3.8, 4) is 11.1 Å². The number of carboxylic acid groups (broad SMARTS) is 1. The second-order valence-electron chi connectivity index (χ2n) is 7.13. The molecule has 2 unspecified atom stereocenters. The maximum atomic E-state index is 11.4.